The van der Waals surface area contributed by atoms with E-state index in [-0.39, 0.29) is 38.5 Å². The van der Waals surface area contributed by atoms with E-state index in [1.165, 1.54) is 6.08 Å². The SMILES string of the molecule is C[C-]1C=C(OP(=O)(O)O)C=CC(c2ccc(C=O)cc2)=C1.[Y]. The Bertz CT molecular complexity index is 670. The Hall–Kier alpha value is -0.966. The summed E-state index contributed by atoms with van der Waals surface area (Å²) in [6.45, 7) is 1.80. The standard InChI is InChI=1S/C15H14O5P.Y/c1-11-8-14(13-4-2-12(10-16)3-5-13)6-7-15(9-11)20-21(17,18)19;/h2-10H,1H3,(H2,17,18,19);/q-1;. The molecule has 5 nitrogen and oxygen atoms in total. The maximum absolute atomic E-state index is 10.9. The molecular weight excluding hydrogens is 380 g/mol. The van der Waals surface area contributed by atoms with Gasteiger partial charge in [0.2, 0.25) is 0 Å². The molecule has 0 saturated carbocycles. The maximum atomic E-state index is 10.9. The van der Waals surface area contributed by atoms with Gasteiger partial charge in [0.25, 0.3) is 0 Å². The van der Waals surface area contributed by atoms with Crippen molar-refractivity contribution in [3.8, 4) is 0 Å². The van der Waals surface area contributed by atoms with Gasteiger partial charge in [0.1, 0.15) is 6.29 Å². The third-order valence-electron chi connectivity index (χ3n) is 2.78. The van der Waals surface area contributed by atoms with Crippen molar-refractivity contribution in [1.29, 1.82) is 0 Å². The molecule has 0 aromatic heterocycles. The second-order valence-corrected chi connectivity index (χ2v) is 5.71. The van der Waals surface area contributed by atoms with Crippen LogP contribution in [0.3, 0.4) is 0 Å². The van der Waals surface area contributed by atoms with E-state index in [2.05, 4.69) is 4.52 Å². The van der Waals surface area contributed by atoms with Crippen molar-refractivity contribution in [2.24, 2.45) is 0 Å². The van der Waals surface area contributed by atoms with Gasteiger partial charge < -0.3 is 4.52 Å². The largest absolute Gasteiger partial charge is 0.512 e. The average Bonchev–Trinajstić information content (AvgIpc) is 2.58. The first-order valence-corrected chi connectivity index (χ1v) is 7.66. The molecule has 113 valence electrons. The molecule has 7 heteroatoms. The summed E-state index contributed by atoms with van der Waals surface area (Å²) >= 11 is 0. The van der Waals surface area contributed by atoms with E-state index in [0.29, 0.717) is 5.56 Å². The Morgan fingerprint density at radius 2 is 1.77 bits per heavy atom. The number of carbonyl (C=O) groups excluding carboxylic acids is 1. The molecule has 0 unspecified atom stereocenters. The number of carbonyl (C=O) groups is 1. The van der Waals surface area contributed by atoms with E-state index >= 15 is 0 Å². The maximum Gasteiger partial charge on any atom is 0.512 e. The van der Waals surface area contributed by atoms with Gasteiger partial charge in [-0.05, 0) is 0 Å². The smallest absolute Gasteiger partial charge is 0.467 e. The summed E-state index contributed by atoms with van der Waals surface area (Å²) in [6.07, 6.45) is 7.37. The summed E-state index contributed by atoms with van der Waals surface area (Å²) in [5.41, 5.74) is 2.33. The van der Waals surface area contributed by atoms with Crippen LogP contribution in [0.25, 0.3) is 5.57 Å². The van der Waals surface area contributed by atoms with Crippen molar-refractivity contribution in [3.05, 3.63) is 71.4 Å². The first kappa shape index (κ1) is 19.1. The van der Waals surface area contributed by atoms with Gasteiger partial charge in [-0.2, -0.15) is 12.0 Å². The predicted molar refractivity (Wildman–Crippen MR) is 79.1 cm³/mol. The van der Waals surface area contributed by atoms with E-state index < -0.39 is 7.82 Å². The molecule has 1 aliphatic carbocycles. The van der Waals surface area contributed by atoms with E-state index in [4.69, 9.17) is 9.79 Å². The third kappa shape index (κ3) is 5.67. The normalized spacial score (nSPS) is 14.4. The Kier molecular flexibility index (Phi) is 6.98. The van der Waals surface area contributed by atoms with E-state index in [1.54, 1.807) is 31.2 Å². The molecule has 0 aliphatic heterocycles. The van der Waals surface area contributed by atoms with Gasteiger partial charge in [0.15, 0.2) is 0 Å². The van der Waals surface area contributed by atoms with E-state index in [9.17, 15) is 9.36 Å². The van der Waals surface area contributed by atoms with Gasteiger partial charge in [-0.3, -0.25) is 14.6 Å². The van der Waals surface area contributed by atoms with Crippen molar-refractivity contribution in [3.63, 3.8) is 0 Å². The molecule has 1 aromatic carbocycles. The van der Waals surface area contributed by atoms with Gasteiger partial charge in [-0.15, -0.1) is 17.7 Å². The zero-order chi connectivity index (χ0) is 15.5. The molecule has 1 aliphatic rings. The van der Waals surface area contributed by atoms with Crippen LogP contribution in [0.2, 0.25) is 0 Å². The summed E-state index contributed by atoms with van der Waals surface area (Å²) in [6, 6.07) is 7.03. The number of allylic oxidation sites excluding steroid dienone is 5. The van der Waals surface area contributed by atoms with Crippen LogP contribution in [0, 0.1) is 5.92 Å². The van der Waals surface area contributed by atoms with Gasteiger partial charge in [-0.1, -0.05) is 42.8 Å². The molecule has 22 heavy (non-hydrogen) atoms. The number of phosphoric ester groups is 1. The van der Waals surface area contributed by atoms with E-state index in [1.807, 2.05) is 18.2 Å². The first-order chi connectivity index (χ1) is 9.87. The quantitative estimate of drug-likeness (QED) is 0.466. The molecule has 2 N–H and O–H groups in total. The fraction of sp³-hybridized carbons (Fsp3) is 0.0667. The molecule has 1 radical (unpaired) electrons. The molecular formula is C15H14O5PY-. The van der Waals surface area contributed by atoms with Gasteiger partial charge in [0.05, 0.1) is 0 Å². The summed E-state index contributed by atoms with van der Waals surface area (Å²) in [5, 5.41) is 0. The van der Waals surface area contributed by atoms with E-state index in [0.717, 1.165) is 23.3 Å². The van der Waals surface area contributed by atoms with Crippen molar-refractivity contribution in [1.82, 2.24) is 0 Å². The molecule has 0 spiro atoms. The van der Waals surface area contributed by atoms with Crippen LogP contribution in [0.4, 0.5) is 0 Å². The number of aldehydes is 1. The summed E-state index contributed by atoms with van der Waals surface area (Å²) in [5.74, 6) is 0.884. The van der Waals surface area contributed by atoms with Crippen molar-refractivity contribution in [2.75, 3.05) is 0 Å². The van der Waals surface area contributed by atoms with Gasteiger partial charge in [-0.25, -0.2) is 4.57 Å². The van der Waals surface area contributed by atoms with Crippen LogP contribution < -0.4 is 0 Å². The Morgan fingerprint density at radius 1 is 1.14 bits per heavy atom. The summed E-state index contributed by atoms with van der Waals surface area (Å²) in [7, 11) is -4.58. The fourth-order valence-corrected chi connectivity index (χ4v) is 2.30. The number of phosphoric acid groups is 1. The van der Waals surface area contributed by atoms with Crippen molar-refractivity contribution < 1.29 is 56.4 Å². The Labute approximate surface area is 153 Å². The Morgan fingerprint density at radius 3 is 2.32 bits per heavy atom. The van der Waals surface area contributed by atoms with Crippen LogP contribution in [-0.2, 0) is 41.8 Å². The number of hydrogen-bond donors (Lipinski definition) is 2. The minimum atomic E-state index is -4.58. The molecule has 0 amide bonds. The average molecular weight is 394 g/mol. The zero-order valence-electron chi connectivity index (χ0n) is 11.8. The number of benzene rings is 1. The second-order valence-electron chi connectivity index (χ2n) is 4.55. The molecule has 2 rings (SSSR count). The molecule has 0 atom stereocenters. The predicted octanol–water partition coefficient (Wildman–Crippen LogP) is 3.04. The zero-order valence-corrected chi connectivity index (χ0v) is 15.6. The molecule has 0 heterocycles. The summed E-state index contributed by atoms with van der Waals surface area (Å²) < 4.78 is 15.5. The van der Waals surface area contributed by atoms with Crippen LogP contribution in [0.15, 0.2) is 54.3 Å². The molecule has 0 bridgehead atoms. The number of rotatable bonds is 4. The minimum absolute atomic E-state index is 0. The third-order valence-corrected chi connectivity index (χ3v) is 3.23. The van der Waals surface area contributed by atoms with Crippen LogP contribution in [0.1, 0.15) is 22.8 Å². The molecule has 0 fully saturated rings. The van der Waals surface area contributed by atoms with Crippen molar-refractivity contribution in [2.45, 2.75) is 6.92 Å². The van der Waals surface area contributed by atoms with Crippen molar-refractivity contribution >= 4 is 19.7 Å². The van der Waals surface area contributed by atoms with Crippen LogP contribution >= 0.6 is 7.82 Å². The molecule has 1 aromatic rings. The minimum Gasteiger partial charge on any atom is -0.467 e. The monoisotopic (exact) mass is 394 g/mol. The Balaban J connectivity index is 0.00000242. The van der Waals surface area contributed by atoms with Crippen LogP contribution in [-0.4, -0.2) is 16.1 Å². The van der Waals surface area contributed by atoms with Gasteiger partial charge in [0, 0.05) is 44.0 Å². The summed E-state index contributed by atoms with van der Waals surface area (Å²) in [4.78, 5) is 28.3. The molecule has 0 saturated heterocycles. The van der Waals surface area contributed by atoms with Crippen LogP contribution in [0.5, 0.6) is 0 Å². The van der Waals surface area contributed by atoms with Gasteiger partial charge >= 0.3 is 7.82 Å². The fourth-order valence-electron chi connectivity index (χ4n) is 1.91. The second kappa shape index (κ2) is 8.05. The topological polar surface area (TPSA) is 83.8 Å². The first-order valence-electron chi connectivity index (χ1n) is 6.13. The number of hydrogen-bond acceptors (Lipinski definition) is 3.